The number of nitrogens with zero attached hydrogens (tertiary/aromatic N) is 1. The summed E-state index contributed by atoms with van der Waals surface area (Å²) in [6.45, 7) is 5.85. The third-order valence-electron chi connectivity index (χ3n) is 2.67. The molecule has 0 radical (unpaired) electrons. The van der Waals surface area contributed by atoms with E-state index in [2.05, 4.69) is 16.7 Å². The molecular weight excluding hydrogens is 190 g/mol. The summed E-state index contributed by atoms with van der Waals surface area (Å²) in [5, 5.41) is 8.63. The zero-order chi connectivity index (χ0) is 10.9. The molecule has 86 valence electrons. The second kappa shape index (κ2) is 7.70. The van der Waals surface area contributed by atoms with E-state index in [1.807, 2.05) is 6.92 Å². The van der Waals surface area contributed by atoms with Crippen LogP contribution < -0.4 is 0 Å². The number of rotatable bonds is 5. The molecule has 0 bridgehead atoms. The molecule has 0 aromatic rings. The summed E-state index contributed by atoms with van der Waals surface area (Å²) in [6, 6.07) is 0. The Morgan fingerprint density at radius 1 is 1.40 bits per heavy atom. The molecule has 0 aliphatic carbocycles. The predicted molar refractivity (Wildman–Crippen MR) is 60.6 cm³/mol. The maximum atomic E-state index is 8.63. The maximum Gasteiger partial charge on any atom is 0.0601 e. The van der Waals surface area contributed by atoms with Crippen LogP contribution in [0.25, 0.3) is 0 Å². The van der Waals surface area contributed by atoms with Crippen LogP contribution >= 0.6 is 0 Å². The number of aliphatic hydroxyl groups excluding tert-OH is 1. The Kier molecular flexibility index (Phi) is 6.42. The lowest BCUT2D eigenvalue weighted by Gasteiger charge is -2.30. The molecule has 0 unspecified atom stereocenters. The zero-order valence-electron chi connectivity index (χ0n) is 9.54. The minimum Gasteiger partial charge on any atom is -0.396 e. The van der Waals surface area contributed by atoms with Crippen LogP contribution in [0.5, 0.6) is 0 Å². The third-order valence-corrected chi connectivity index (χ3v) is 2.67. The second-order valence-corrected chi connectivity index (χ2v) is 3.85. The normalized spacial score (nSPS) is 18.5. The van der Waals surface area contributed by atoms with Gasteiger partial charge in [-0.15, -0.1) is 5.92 Å². The van der Waals surface area contributed by atoms with Crippen LogP contribution in [0.4, 0.5) is 0 Å². The van der Waals surface area contributed by atoms with E-state index in [1.165, 1.54) is 0 Å². The van der Waals surface area contributed by atoms with Gasteiger partial charge in [0.1, 0.15) is 0 Å². The van der Waals surface area contributed by atoms with Crippen molar-refractivity contribution >= 4 is 0 Å². The van der Waals surface area contributed by atoms with Crippen LogP contribution in [0.2, 0.25) is 0 Å². The summed E-state index contributed by atoms with van der Waals surface area (Å²) in [7, 11) is 0. The average molecular weight is 211 g/mol. The average Bonchev–Trinajstić information content (AvgIpc) is 2.28. The van der Waals surface area contributed by atoms with E-state index in [-0.39, 0.29) is 6.61 Å². The van der Waals surface area contributed by atoms with Crippen molar-refractivity contribution in [2.45, 2.75) is 32.3 Å². The minimum absolute atomic E-state index is 0.227. The van der Waals surface area contributed by atoms with Crippen LogP contribution in [0, 0.1) is 11.8 Å². The van der Waals surface area contributed by atoms with Crippen LogP contribution in [-0.2, 0) is 4.74 Å². The van der Waals surface area contributed by atoms with Crippen LogP contribution in [0.3, 0.4) is 0 Å². The molecule has 1 heterocycles. The standard InChI is InChI=1S/C12H21NO2/c1-2-3-7-13-8-5-12(6-9-13)15-11-4-10-14/h12,14H,4-11H2,1H3. The van der Waals surface area contributed by atoms with E-state index >= 15 is 0 Å². The van der Waals surface area contributed by atoms with Crippen molar-refractivity contribution in [3.8, 4) is 11.8 Å². The Bertz CT molecular complexity index is 211. The Morgan fingerprint density at radius 3 is 2.73 bits per heavy atom. The highest BCUT2D eigenvalue weighted by atomic mass is 16.5. The van der Waals surface area contributed by atoms with Gasteiger partial charge in [0.05, 0.1) is 12.6 Å². The lowest BCUT2D eigenvalue weighted by Crippen LogP contribution is -2.37. The first-order valence-corrected chi connectivity index (χ1v) is 5.71. The minimum atomic E-state index is 0.227. The fourth-order valence-corrected chi connectivity index (χ4v) is 1.74. The number of aliphatic hydroxyl groups is 1. The molecule has 1 aliphatic rings. The summed E-state index contributed by atoms with van der Waals surface area (Å²) < 4.78 is 5.65. The topological polar surface area (TPSA) is 32.7 Å². The van der Waals surface area contributed by atoms with Crippen molar-refractivity contribution in [2.75, 3.05) is 32.8 Å². The highest BCUT2D eigenvalue weighted by molar-refractivity contribution is 4.98. The fourth-order valence-electron chi connectivity index (χ4n) is 1.74. The molecule has 0 saturated carbocycles. The van der Waals surface area contributed by atoms with Gasteiger partial charge in [-0.1, -0.05) is 5.92 Å². The molecule has 0 atom stereocenters. The number of hydrogen-bond acceptors (Lipinski definition) is 3. The van der Waals surface area contributed by atoms with Crippen molar-refractivity contribution in [1.82, 2.24) is 4.90 Å². The van der Waals surface area contributed by atoms with E-state index in [0.29, 0.717) is 12.7 Å². The highest BCUT2D eigenvalue weighted by Gasteiger charge is 2.18. The van der Waals surface area contributed by atoms with Gasteiger partial charge in [-0.2, -0.15) is 0 Å². The summed E-state index contributed by atoms with van der Waals surface area (Å²) in [5.41, 5.74) is 0. The molecule has 0 aromatic carbocycles. The molecule has 1 aliphatic heterocycles. The summed E-state index contributed by atoms with van der Waals surface area (Å²) in [6.07, 6.45) is 3.33. The fraction of sp³-hybridized carbons (Fsp3) is 0.833. The number of likely N-dealkylation sites (tertiary alicyclic amines) is 1. The monoisotopic (exact) mass is 211 g/mol. The number of ether oxygens (including phenoxy) is 1. The van der Waals surface area contributed by atoms with E-state index < -0.39 is 0 Å². The molecule has 3 heteroatoms. The van der Waals surface area contributed by atoms with E-state index in [1.54, 1.807) is 0 Å². The molecule has 0 amide bonds. The van der Waals surface area contributed by atoms with Crippen LogP contribution in [-0.4, -0.2) is 49.0 Å². The first-order valence-electron chi connectivity index (χ1n) is 5.71. The van der Waals surface area contributed by atoms with Gasteiger partial charge in [-0.25, -0.2) is 0 Å². The Labute approximate surface area is 92.4 Å². The lowest BCUT2D eigenvalue weighted by molar-refractivity contribution is 0.00471. The molecule has 1 N–H and O–H groups in total. The number of hydrogen-bond donors (Lipinski definition) is 1. The van der Waals surface area contributed by atoms with Crippen molar-refractivity contribution < 1.29 is 9.84 Å². The zero-order valence-corrected chi connectivity index (χ0v) is 9.54. The predicted octanol–water partition coefficient (Wildman–Crippen LogP) is 0.873. The Morgan fingerprint density at radius 2 is 2.13 bits per heavy atom. The van der Waals surface area contributed by atoms with Gasteiger partial charge in [0.2, 0.25) is 0 Å². The summed E-state index contributed by atoms with van der Waals surface area (Å²) in [5.74, 6) is 6.00. The molecule has 1 rings (SSSR count). The molecule has 0 aromatic heterocycles. The summed E-state index contributed by atoms with van der Waals surface area (Å²) in [4.78, 5) is 2.36. The van der Waals surface area contributed by atoms with E-state index in [9.17, 15) is 0 Å². The first kappa shape index (κ1) is 12.5. The smallest absolute Gasteiger partial charge is 0.0601 e. The highest BCUT2D eigenvalue weighted by Crippen LogP contribution is 2.13. The molecule has 15 heavy (non-hydrogen) atoms. The van der Waals surface area contributed by atoms with Gasteiger partial charge in [0.15, 0.2) is 0 Å². The molecule has 3 nitrogen and oxygen atoms in total. The lowest BCUT2D eigenvalue weighted by atomic mass is 10.1. The molecule has 0 spiro atoms. The van der Waals surface area contributed by atoms with Crippen LogP contribution in [0.1, 0.15) is 26.2 Å². The third kappa shape index (κ3) is 5.17. The van der Waals surface area contributed by atoms with Crippen LogP contribution in [0.15, 0.2) is 0 Å². The van der Waals surface area contributed by atoms with Gasteiger partial charge in [0.25, 0.3) is 0 Å². The van der Waals surface area contributed by atoms with E-state index in [4.69, 9.17) is 9.84 Å². The van der Waals surface area contributed by atoms with Gasteiger partial charge < -0.3 is 9.84 Å². The molecular formula is C12H21NO2. The Balaban J connectivity index is 2.09. The maximum absolute atomic E-state index is 8.63. The van der Waals surface area contributed by atoms with Gasteiger partial charge in [-0.05, 0) is 26.2 Å². The molecule has 1 saturated heterocycles. The Hall–Kier alpha value is -0.560. The van der Waals surface area contributed by atoms with Gasteiger partial charge >= 0.3 is 0 Å². The van der Waals surface area contributed by atoms with Crippen molar-refractivity contribution in [2.24, 2.45) is 0 Å². The first-order chi connectivity index (χ1) is 7.36. The van der Waals surface area contributed by atoms with Crippen molar-refractivity contribution in [3.05, 3.63) is 0 Å². The second-order valence-electron chi connectivity index (χ2n) is 3.85. The number of piperidine rings is 1. The van der Waals surface area contributed by atoms with E-state index in [0.717, 1.165) is 38.9 Å². The van der Waals surface area contributed by atoms with Gasteiger partial charge in [0, 0.05) is 26.3 Å². The van der Waals surface area contributed by atoms with Crippen molar-refractivity contribution in [1.29, 1.82) is 0 Å². The SMILES string of the molecule is CC#CCN1CCC(OCCCO)CC1. The van der Waals surface area contributed by atoms with Gasteiger partial charge in [-0.3, -0.25) is 4.90 Å². The summed E-state index contributed by atoms with van der Waals surface area (Å²) >= 11 is 0. The largest absolute Gasteiger partial charge is 0.396 e. The quantitative estimate of drug-likeness (QED) is 0.541. The molecule has 1 fully saturated rings. The van der Waals surface area contributed by atoms with Crippen molar-refractivity contribution in [3.63, 3.8) is 0 Å².